The molecule has 1 unspecified atom stereocenters. The van der Waals surface area contributed by atoms with Crippen LogP contribution in [0.15, 0.2) is 66.7 Å². The maximum Gasteiger partial charge on any atom is 0.330 e. The molecule has 1 saturated heterocycles. The molecule has 3 aromatic carbocycles. The van der Waals surface area contributed by atoms with E-state index in [0.29, 0.717) is 16.7 Å². The Labute approximate surface area is 220 Å². The Balaban J connectivity index is 1.56. The van der Waals surface area contributed by atoms with E-state index in [9.17, 15) is 25.2 Å². The summed E-state index contributed by atoms with van der Waals surface area (Å²) in [4.78, 5) is 12.5. The maximum atomic E-state index is 12.5. The van der Waals surface area contributed by atoms with Crippen LogP contribution in [0.1, 0.15) is 28.9 Å². The zero-order chi connectivity index (χ0) is 27.2. The highest BCUT2D eigenvalue weighted by Gasteiger charge is 2.43. The molecule has 200 valence electrons. The minimum Gasteiger partial charge on any atom is -0.508 e. The highest BCUT2D eigenvalue weighted by molar-refractivity contribution is 5.87. The van der Waals surface area contributed by atoms with E-state index in [0.717, 1.165) is 0 Å². The lowest BCUT2D eigenvalue weighted by atomic mass is 9.82. The van der Waals surface area contributed by atoms with Gasteiger partial charge >= 0.3 is 5.97 Å². The normalized spacial score (nSPS) is 19.8. The molecule has 0 aromatic heterocycles. The van der Waals surface area contributed by atoms with Gasteiger partial charge in [-0.15, -0.1) is 0 Å². The SMILES string of the molecule is COc1cc(C(O)[C@H]2CO[C@H](c3ccc(O)c(OC)c3)[C@H]2COC(=O)/C=C/c2ccc(O)cc2)ccc1O. The van der Waals surface area contributed by atoms with Gasteiger partial charge in [-0.3, -0.25) is 0 Å². The van der Waals surface area contributed by atoms with Gasteiger partial charge in [-0.2, -0.15) is 0 Å². The van der Waals surface area contributed by atoms with Crippen LogP contribution in [0.25, 0.3) is 6.08 Å². The van der Waals surface area contributed by atoms with E-state index >= 15 is 0 Å². The number of carbonyl (C=O) groups excluding carboxylic acids is 1. The number of esters is 1. The number of carbonyl (C=O) groups is 1. The average molecular weight is 523 g/mol. The predicted octanol–water partition coefficient (Wildman–Crippen LogP) is 4.11. The van der Waals surface area contributed by atoms with Gasteiger partial charge in [0.15, 0.2) is 23.0 Å². The zero-order valence-corrected chi connectivity index (χ0v) is 21.0. The summed E-state index contributed by atoms with van der Waals surface area (Å²) in [5.41, 5.74) is 1.92. The second kappa shape index (κ2) is 11.9. The maximum absolute atomic E-state index is 12.5. The topological polar surface area (TPSA) is 135 Å². The number of ether oxygens (including phenoxy) is 4. The van der Waals surface area contributed by atoms with Crippen LogP contribution in [0.2, 0.25) is 0 Å². The average Bonchev–Trinajstić information content (AvgIpc) is 3.35. The van der Waals surface area contributed by atoms with Crippen LogP contribution >= 0.6 is 0 Å². The Hall–Kier alpha value is -4.21. The van der Waals surface area contributed by atoms with Crippen molar-refractivity contribution in [3.8, 4) is 28.7 Å². The van der Waals surface area contributed by atoms with Crippen molar-refractivity contribution in [3.05, 3.63) is 83.4 Å². The fourth-order valence-corrected chi connectivity index (χ4v) is 4.54. The summed E-state index contributed by atoms with van der Waals surface area (Å²) in [5.74, 6) is -0.956. The summed E-state index contributed by atoms with van der Waals surface area (Å²) in [6.45, 7) is 0.118. The summed E-state index contributed by atoms with van der Waals surface area (Å²) >= 11 is 0. The van der Waals surface area contributed by atoms with Crippen molar-refractivity contribution in [2.45, 2.75) is 12.2 Å². The molecule has 1 fully saturated rings. The first kappa shape index (κ1) is 26.8. The molecule has 9 heteroatoms. The summed E-state index contributed by atoms with van der Waals surface area (Å²) in [5, 5.41) is 40.7. The minimum atomic E-state index is -1.01. The Bertz CT molecular complexity index is 1290. The van der Waals surface area contributed by atoms with Crippen molar-refractivity contribution >= 4 is 12.0 Å². The fraction of sp³-hybridized carbons (Fsp3) is 0.276. The van der Waals surface area contributed by atoms with E-state index in [2.05, 4.69) is 0 Å². The van der Waals surface area contributed by atoms with Crippen LogP contribution in [0.3, 0.4) is 0 Å². The van der Waals surface area contributed by atoms with Crippen molar-refractivity contribution in [2.24, 2.45) is 11.8 Å². The van der Waals surface area contributed by atoms with Crippen molar-refractivity contribution in [2.75, 3.05) is 27.4 Å². The van der Waals surface area contributed by atoms with Gasteiger partial charge in [0.05, 0.1) is 39.6 Å². The molecule has 9 nitrogen and oxygen atoms in total. The van der Waals surface area contributed by atoms with Crippen molar-refractivity contribution in [1.82, 2.24) is 0 Å². The molecule has 1 aliphatic heterocycles. The third kappa shape index (κ3) is 6.01. The Kier molecular flexibility index (Phi) is 8.40. The lowest BCUT2D eigenvalue weighted by molar-refractivity contribution is -0.140. The minimum absolute atomic E-state index is 0.0237. The van der Waals surface area contributed by atoms with E-state index < -0.39 is 30.0 Å². The number of benzene rings is 3. The standard InChI is InChI=1S/C29H30O9/c1-35-25-13-18(6-10-23(25)31)28(34)21-15-38-29(19-7-11-24(32)26(14-19)36-2)22(21)16-37-27(33)12-5-17-3-8-20(30)9-4-17/h3-14,21-22,28-32,34H,15-16H2,1-2H3/b12-5+/t21-,22-,28?,29+/m0/s1. The number of hydrogen-bond acceptors (Lipinski definition) is 9. The molecule has 0 bridgehead atoms. The smallest absolute Gasteiger partial charge is 0.330 e. The monoisotopic (exact) mass is 522 g/mol. The number of rotatable bonds is 9. The fourth-order valence-electron chi connectivity index (χ4n) is 4.54. The first-order valence-corrected chi connectivity index (χ1v) is 12.0. The number of phenolic OH excluding ortho intramolecular Hbond substituents is 3. The van der Waals surface area contributed by atoms with Gasteiger partial charge < -0.3 is 39.4 Å². The van der Waals surface area contributed by atoms with Gasteiger partial charge in [0, 0.05) is 17.9 Å². The van der Waals surface area contributed by atoms with E-state index in [1.807, 2.05) is 0 Å². The quantitative estimate of drug-likeness (QED) is 0.242. The molecular weight excluding hydrogens is 492 g/mol. The number of hydrogen-bond donors (Lipinski definition) is 4. The van der Waals surface area contributed by atoms with E-state index in [1.165, 1.54) is 44.6 Å². The second-order valence-electron chi connectivity index (χ2n) is 8.94. The van der Waals surface area contributed by atoms with Gasteiger partial charge in [-0.25, -0.2) is 4.79 Å². The number of aliphatic hydroxyl groups excluding tert-OH is 1. The van der Waals surface area contributed by atoms with Crippen LogP contribution in [-0.4, -0.2) is 53.8 Å². The molecule has 0 aliphatic carbocycles. The lowest BCUT2D eigenvalue weighted by Crippen LogP contribution is -2.27. The molecule has 4 N–H and O–H groups in total. The third-order valence-electron chi connectivity index (χ3n) is 6.61. The van der Waals surface area contributed by atoms with Crippen LogP contribution in [0.5, 0.6) is 28.7 Å². The molecule has 0 spiro atoms. The Morgan fingerprint density at radius 3 is 2.32 bits per heavy atom. The van der Waals surface area contributed by atoms with Crippen molar-refractivity contribution in [1.29, 1.82) is 0 Å². The summed E-state index contributed by atoms with van der Waals surface area (Å²) < 4.78 is 22.1. The number of aliphatic hydroxyl groups is 1. The highest BCUT2D eigenvalue weighted by atomic mass is 16.5. The van der Waals surface area contributed by atoms with E-state index in [4.69, 9.17) is 18.9 Å². The lowest BCUT2D eigenvalue weighted by Gasteiger charge is -2.27. The Morgan fingerprint density at radius 2 is 1.63 bits per heavy atom. The van der Waals surface area contributed by atoms with Crippen LogP contribution in [0, 0.1) is 11.8 Å². The summed E-state index contributed by atoms with van der Waals surface area (Å²) in [6.07, 6.45) is 1.29. The first-order chi connectivity index (χ1) is 18.3. The van der Waals surface area contributed by atoms with Crippen molar-refractivity contribution < 1.29 is 44.2 Å². The third-order valence-corrected chi connectivity index (χ3v) is 6.61. The van der Waals surface area contributed by atoms with Crippen LogP contribution in [-0.2, 0) is 14.3 Å². The van der Waals surface area contributed by atoms with Gasteiger partial charge in [-0.1, -0.05) is 24.3 Å². The number of aromatic hydroxyl groups is 3. The van der Waals surface area contributed by atoms with Gasteiger partial charge in [0.25, 0.3) is 0 Å². The van der Waals surface area contributed by atoms with Gasteiger partial charge in [-0.05, 0) is 59.2 Å². The molecule has 4 rings (SSSR count). The summed E-state index contributed by atoms with van der Waals surface area (Å²) in [7, 11) is 2.87. The van der Waals surface area contributed by atoms with E-state index in [1.54, 1.807) is 42.5 Å². The first-order valence-electron chi connectivity index (χ1n) is 12.0. The molecule has 4 atom stereocenters. The molecule has 1 aliphatic rings. The second-order valence-corrected chi connectivity index (χ2v) is 8.94. The molecule has 0 saturated carbocycles. The predicted molar refractivity (Wildman–Crippen MR) is 138 cm³/mol. The summed E-state index contributed by atoms with van der Waals surface area (Å²) in [6, 6.07) is 15.8. The molecule has 0 amide bonds. The molecule has 0 radical (unpaired) electrons. The number of methoxy groups -OCH3 is 2. The van der Waals surface area contributed by atoms with Crippen molar-refractivity contribution in [3.63, 3.8) is 0 Å². The number of phenols is 3. The molecule has 1 heterocycles. The molecule has 3 aromatic rings. The van der Waals surface area contributed by atoms with Crippen LogP contribution in [0.4, 0.5) is 0 Å². The highest BCUT2D eigenvalue weighted by Crippen LogP contribution is 2.46. The zero-order valence-electron chi connectivity index (χ0n) is 21.0. The van der Waals surface area contributed by atoms with Crippen LogP contribution < -0.4 is 9.47 Å². The van der Waals surface area contributed by atoms with E-state index in [-0.39, 0.29) is 42.0 Å². The largest absolute Gasteiger partial charge is 0.508 e. The Morgan fingerprint density at radius 1 is 0.974 bits per heavy atom. The molecule has 38 heavy (non-hydrogen) atoms. The molecular formula is C29H30O9. The van der Waals surface area contributed by atoms with Gasteiger partial charge in [0.1, 0.15) is 5.75 Å². The van der Waals surface area contributed by atoms with Gasteiger partial charge in [0.2, 0.25) is 0 Å².